The summed E-state index contributed by atoms with van der Waals surface area (Å²) in [5, 5.41) is 11.1. The van der Waals surface area contributed by atoms with Crippen molar-refractivity contribution in [3.63, 3.8) is 0 Å². The zero-order valence-corrected chi connectivity index (χ0v) is 16.2. The van der Waals surface area contributed by atoms with Gasteiger partial charge in [0.25, 0.3) is 0 Å². The molecule has 1 atom stereocenters. The quantitative estimate of drug-likeness (QED) is 0.396. The van der Waals surface area contributed by atoms with E-state index in [9.17, 15) is 0 Å². The Kier molecular flexibility index (Phi) is 8.72. The number of guanidine groups is 1. The summed E-state index contributed by atoms with van der Waals surface area (Å²) in [7, 11) is 0. The molecule has 1 aliphatic rings. The SMILES string of the molecule is CCNC(=NCCCCn1cnnc1)N1CCC(CN(CC)CC)C1. The van der Waals surface area contributed by atoms with Gasteiger partial charge < -0.3 is 19.7 Å². The summed E-state index contributed by atoms with van der Waals surface area (Å²) in [5.74, 6) is 1.85. The normalized spacial score (nSPS) is 18.3. The molecular formula is C18H35N7. The summed E-state index contributed by atoms with van der Waals surface area (Å²) in [5.41, 5.74) is 0. The lowest BCUT2D eigenvalue weighted by molar-refractivity contribution is 0.255. The van der Waals surface area contributed by atoms with Gasteiger partial charge in [0.05, 0.1) is 0 Å². The lowest BCUT2D eigenvalue weighted by Gasteiger charge is -2.24. The van der Waals surface area contributed by atoms with E-state index < -0.39 is 0 Å². The van der Waals surface area contributed by atoms with Crippen molar-refractivity contribution in [2.75, 3.05) is 45.8 Å². The molecule has 0 amide bonds. The van der Waals surface area contributed by atoms with Gasteiger partial charge in [-0.25, -0.2) is 0 Å². The van der Waals surface area contributed by atoms with E-state index in [1.807, 2.05) is 4.57 Å². The van der Waals surface area contributed by atoms with E-state index in [2.05, 4.69) is 46.1 Å². The third kappa shape index (κ3) is 6.65. The van der Waals surface area contributed by atoms with Gasteiger partial charge in [-0.3, -0.25) is 4.99 Å². The fraction of sp³-hybridized carbons (Fsp3) is 0.833. The molecule has 1 saturated heterocycles. The molecule has 0 spiro atoms. The van der Waals surface area contributed by atoms with Crippen molar-refractivity contribution >= 4 is 5.96 Å². The first kappa shape index (κ1) is 19.7. The molecule has 1 N–H and O–H groups in total. The van der Waals surface area contributed by atoms with Crippen LogP contribution in [0.1, 0.15) is 40.0 Å². The van der Waals surface area contributed by atoms with E-state index in [1.165, 1.54) is 13.0 Å². The number of aromatic nitrogens is 3. The molecule has 1 unspecified atom stereocenters. The smallest absolute Gasteiger partial charge is 0.193 e. The highest BCUT2D eigenvalue weighted by Crippen LogP contribution is 2.17. The fourth-order valence-corrected chi connectivity index (χ4v) is 3.38. The number of aryl methyl sites for hydroxylation is 1. The molecule has 25 heavy (non-hydrogen) atoms. The minimum absolute atomic E-state index is 0.762. The minimum Gasteiger partial charge on any atom is -0.357 e. The third-order valence-electron chi connectivity index (χ3n) is 4.88. The van der Waals surface area contributed by atoms with Crippen molar-refractivity contribution < 1.29 is 0 Å². The summed E-state index contributed by atoms with van der Waals surface area (Å²) in [6.45, 7) is 15.2. The summed E-state index contributed by atoms with van der Waals surface area (Å²) in [4.78, 5) is 9.82. The van der Waals surface area contributed by atoms with Crippen molar-refractivity contribution in [3.8, 4) is 0 Å². The lowest BCUT2D eigenvalue weighted by Crippen LogP contribution is -2.41. The molecule has 2 heterocycles. The second kappa shape index (κ2) is 11.1. The van der Waals surface area contributed by atoms with Crippen LogP contribution in [0.15, 0.2) is 17.6 Å². The number of nitrogens with one attached hydrogen (secondary N) is 1. The van der Waals surface area contributed by atoms with Crippen LogP contribution in [-0.4, -0.2) is 76.3 Å². The van der Waals surface area contributed by atoms with Crippen LogP contribution in [0.4, 0.5) is 0 Å². The molecule has 7 heteroatoms. The summed E-state index contributed by atoms with van der Waals surface area (Å²) < 4.78 is 2.02. The molecule has 0 aromatic carbocycles. The van der Waals surface area contributed by atoms with Crippen LogP contribution < -0.4 is 5.32 Å². The summed E-state index contributed by atoms with van der Waals surface area (Å²) in [6, 6.07) is 0. The Morgan fingerprint density at radius 3 is 2.64 bits per heavy atom. The van der Waals surface area contributed by atoms with Gasteiger partial charge in [-0.05, 0) is 45.2 Å². The number of hydrogen-bond donors (Lipinski definition) is 1. The number of unbranched alkanes of at least 4 members (excludes halogenated alkanes) is 1. The molecule has 0 aliphatic carbocycles. The fourth-order valence-electron chi connectivity index (χ4n) is 3.38. The monoisotopic (exact) mass is 349 g/mol. The molecule has 0 bridgehead atoms. The Labute approximate surface area is 152 Å². The van der Waals surface area contributed by atoms with Crippen LogP contribution in [0.25, 0.3) is 0 Å². The highest BCUT2D eigenvalue weighted by Gasteiger charge is 2.25. The molecule has 0 saturated carbocycles. The van der Waals surface area contributed by atoms with Crippen LogP contribution in [0.5, 0.6) is 0 Å². The van der Waals surface area contributed by atoms with Gasteiger partial charge >= 0.3 is 0 Å². The molecule has 1 aromatic heterocycles. The zero-order chi connectivity index (χ0) is 17.9. The average Bonchev–Trinajstić information content (AvgIpc) is 3.30. The van der Waals surface area contributed by atoms with E-state index in [1.54, 1.807) is 12.7 Å². The first-order valence-corrected chi connectivity index (χ1v) is 9.84. The summed E-state index contributed by atoms with van der Waals surface area (Å²) in [6.07, 6.45) is 7.01. The maximum absolute atomic E-state index is 4.85. The van der Waals surface area contributed by atoms with Crippen LogP contribution in [0.2, 0.25) is 0 Å². The maximum Gasteiger partial charge on any atom is 0.193 e. The molecule has 1 aromatic rings. The van der Waals surface area contributed by atoms with Crippen LogP contribution in [0, 0.1) is 5.92 Å². The van der Waals surface area contributed by atoms with Crippen molar-refractivity contribution in [1.29, 1.82) is 0 Å². The predicted molar refractivity (Wildman–Crippen MR) is 103 cm³/mol. The number of hydrogen-bond acceptors (Lipinski definition) is 4. The van der Waals surface area contributed by atoms with Crippen LogP contribution in [0.3, 0.4) is 0 Å². The highest BCUT2D eigenvalue weighted by molar-refractivity contribution is 5.80. The van der Waals surface area contributed by atoms with E-state index in [-0.39, 0.29) is 0 Å². The second-order valence-corrected chi connectivity index (χ2v) is 6.73. The molecule has 2 rings (SSSR count). The van der Waals surface area contributed by atoms with E-state index in [0.717, 1.165) is 70.5 Å². The van der Waals surface area contributed by atoms with Crippen molar-refractivity contribution in [1.82, 2.24) is 29.9 Å². The molecular weight excluding hydrogens is 314 g/mol. The van der Waals surface area contributed by atoms with Gasteiger partial charge in [-0.2, -0.15) is 0 Å². The van der Waals surface area contributed by atoms with Crippen LogP contribution in [-0.2, 0) is 6.54 Å². The first-order chi connectivity index (χ1) is 12.3. The Hall–Kier alpha value is -1.63. The Morgan fingerprint density at radius 2 is 1.96 bits per heavy atom. The number of nitrogens with zero attached hydrogens (tertiary/aromatic N) is 6. The molecule has 1 fully saturated rings. The Bertz CT molecular complexity index is 482. The van der Waals surface area contributed by atoms with Crippen molar-refractivity contribution in [2.24, 2.45) is 10.9 Å². The second-order valence-electron chi connectivity index (χ2n) is 6.73. The predicted octanol–water partition coefficient (Wildman–Crippen LogP) is 1.69. The molecule has 7 nitrogen and oxygen atoms in total. The third-order valence-corrected chi connectivity index (χ3v) is 4.88. The van der Waals surface area contributed by atoms with E-state index >= 15 is 0 Å². The Balaban J connectivity index is 1.75. The number of aliphatic imine (C=N–C) groups is 1. The standard InChI is InChI=1S/C18H35N7/c1-4-19-18(20-10-7-8-11-24-15-21-22-16-24)25-12-9-17(14-25)13-23(5-2)6-3/h15-17H,4-14H2,1-3H3,(H,19,20). The van der Waals surface area contributed by atoms with Gasteiger partial charge in [-0.1, -0.05) is 13.8 Å². The van der Waals surface area contributed by atoms with Gasteiger partial charge in [0, 0.05) is 39.3 Å². The largest absolute Gasteiger partial charge is 0.357 e. The van der Waals surface area contributed by atoms with Gasteiger partial charge in [0.2, 0.25) is 0 Å². The van der Waals surface area contributed by atoms with Gasteiger partial charge in [0.1, 0.15) is 12.7 Å². The number of likely N-dealkylation sites (tertiary alicyclic amines) is 1. The first-order valence-electron chi connectivity index (χ1n) is 9.84. The maximum atomic E-state index is 4.85. The molecule has 0 radical (unpaired) electrons. The topological polar surface area (TPSA) is 61.6 Å². The van der Waals surface area contributed by atoms with Gasteiger partial charge in [0.15, 0.2) is 5.96 Å². The summed E-state index contributed by atoms with van der Waals surface area (Å²) >= 11 is 0. The molecule has 1 aliphatic heterocycles. The molecule has 142 valence electrons. The lowest BCUT2D eigenvalue weighted by atomic mass is 10.1. The van der Waals surface area contributed by atoms with Crippen LogP contribution >= 0.6 is 0 Å². The average molecular weight is 350 g/mol. The van der Waals surface area contributed by atoms with E-state index in [4.69, 9.17) is 4.99 Å². The zero-order valence-electron chi connectivity index (χ0n) is 16.2. The minimum atomic E-state index is 0.762. The van der Waals surface area contributed by atoms with Crippen molar-refractivity contribution in [2.45, 2.75) is 46.6 Å². The van der Waals surface area contributed by atoms with E-state index in [0.29, 0.717) is 0 Å². The number of rotatable bonds is 10. The van der Waals surface area contributed by atoms with Crippen molar-refractivity contribution in [3.05, 3.63) is 12.7 Å². The van der Waals surface area contributed by atoms with Gasteiger partial charge in [-0.15, -0.1) is 10.2 Å². The Morgan fingerprint density at radius 1 is 1.20 bits per heavy atom. The highest BCUT2D eigenvalue weighted by atomic mass is 15.3.